The Labute approximate surface area is 109 Å². The van der Waals surface area contributed by atoms with Crippen LogP contribution >= 0.6 is 0 Å². The van der Waals surface area contributed by atoms with Crippen LogP contribution in [0.3, 0.4) is 0 Å². The van der Waals surface area contributed by atoms with Crippen molar-refractivity contribution >= 4 is 0 Å². The second-order valence-corrected chi connectivity index (χ2v) is 3.75. The van der Waals surface area contributed by atoms with E-state index in [0.717, 1.165) is 5.56 Å². The van der Waals surface area contributed by atoms with Crippen molar-refractivity contribution in [2.45, 2.75) is 0 Å². The zero-order valence-electron chi connectivity index (χ0n) is 9.80. The highest BCUT2D eigenvalue weighted by Gasteiger charge is 2.10. The van der Waals surface area contributed by atoms with Gasteiger partial charge in [-0.05, 0) is 17.3 Å². The van der Waals surface area contributed by atoms with Gasteiger partial charge in [-0.1, -0.05) is 30.3 Å². The van der Waals surface area contributed by atoms with Gasteiger partial charge in [-0.2, -0.15) is 5.26 Å². The van der Waals surface area contributed by atoms with E-state index in [-0.39, 0.29) is 0 Å². The summed E-state index contributed by atoms with van der Waals surface area (Å²) < 4.78 is 0. The van der Waals surface area contributed by atoms with Crippen LogP contribution in [-0.2, 0) is 0 Å². The number of tetrazole rings is 1. The SMILES string of the molecule is N#Cc1cccnc1-n1nnc(-c2ccccc2)n1. The Hall–Kier alpha value is -3.07. The van der Waals surface area contributed by atoms with Gasteiger partial charge in [0.1, 0.15) is 6.07 Å². The number of pyridine rings is 1. The average molecular weight is 248 g/mol. The lowest BCUT2D eigenvalue weighted by Gasteiger charge is -1.98. The third-order valence-corrected chi connectivity index (χ3v) is 2.54. The Bertz CT molecular complexity index is 741. The van der Waals surface area contributed by atoms with Crippen molar-refractivity contribution in [1.29, 1.82) is 5.26 Å². The molecule has 19 heavy (non-hydrogen) atoms. The predicted molar refractivity (Wildman–Crippen MR) is 67.1 cm³/mol. The fraction of sp³-hybridized carbons (Fsp3) is 0. The summed E-state index contributed by atoms with van der Waals surface area (Å²) in [5.74, 6) is 0.870. The number of aromatic nitrogens is 5. The quantitative estimate of drug-likeness (QED) is 0.688. The van der Waals surface area contributed by atoms with Gasteiger partial charge in [0.2, 0.25) is 5.82 Å². The first-order valence-electron chi connectivity index (χ1n) is 5.59. The summed E-state index contributed by atoms with van der Waals surface area (Å²) in [5, 5.41) is 21.2. The molecule has 0 saturated carbocycles. The summed E-state index contributed by atoms with van der Waals surface area (Å²) in [6, 6.07) is 14.9. The Kier molecular flexibility index (Phi) is 2.71. The third-order valence-electron chi connectivity index (χ3n) is 2.54. The lowest BCUT2D eigenvalue weighted by Crippen LogP contribution is -2.04. The van der Waals surface area contributed by atoms with E-state index in [9.17, 15) is 0 Å². The van der Waals surface area contributed by atoms with Gasteiger partial charge in [0, 0.05) is 11.8 Å². The fourth-order valence-corrected chi connectivity index (χ4v) is 1.65. The van der Waals surface area contributed by atoms with Crippen molar-refractivity contribution in [3.8, 4) is 23.3 Å². The van der Waals surface area contributed by atoms with Crippen LogP contribution in [0, 0.1) is 11.3 Å². The maximum Gasteiger partial charge on any atom is 0.205 e. The molecule has 0 spiro atoms. The first-order chi connectivity index (χ1) is 9.38. The van der Waals surface area contributed by atoms with Gasteiger partial charge >= 0.3 is 0 Å². The second kappa shape index (κ2) is 4.66. The van der Waals surface area contributed by atoms with Gasteiger partial charge in [-0.25, -0.2) is 4.98 Å². The monoisotopic (exact) mass is 248 g/mol. The molecule has 90 valence electrons. The van der Waals surface area contributed by atoms with Crippen LogP contribution in [0.5, 0.6) is 0 Å². The first kappa shape index (κ1) is 11.0. The summed E-state index contributed by atoms with van der Waals surface area (Å²) in [7, 11) is 0. The van der Waals surface area contributed by atoms with Crippen molar-refractivity contribution in [3.63, 3.8) is 0 Å². The molecule has 2 heterocycles. The minimum absolute atomic E-state index is 0.375. The van der Waals surface area contributed by atoms with E-state index in [1.54, 1.807) is 18.3 Å². The lowest BCUT2D eigenvalue weighted by molar-refractivity contribution is 0.699. The topological polar surface area (TPSA) is 80.3 Å². The normalized spacial score (nSPS) is 10.1. The molecule has 0 amide bonds. The molecule has 0 fully saturated rings. The average Bonchev–Trinajstić information content (AvgIpc) is 2.98. The zero-order valence-corrected chi connectivity index (χ0v) is 9.80. The molecule has 0 aliphatic carbocycles. The highest BCUT2D eigenvalue weighted by molar-refractivity contribution is 5.53. The summed E-state index contributed by atoms with van der Waals surface area (Å²) in [5.41, 5.74) is 1.27. The fourth-order valence-electron chi connectivity index (χ4n) is 1.65. The number of benzene rings is 1. The minimum atomic E-state index is 0.375. The third kappa shape index (κ3) is 2.05. The van der Waals surface area contributed by atoms with Crippen LogP contribution < -0.4 is 0 Å². The molecular weight excluding hydrogens is 240 g/mol. The van der Waals surface area contributed by atoms with Crippen LogP contribution in [0.25, 0.3) is 17.2 Å². The first-order valence-corrected chi connectivity index (χ1v) is 5.59. The molecule has 0 aliphatic rings. The number of hydrogen-bond donors (Lipinski definition) is 0. The van der Waals surface area contributed by atoms with Gasteiger partial charge in [0.25, 0.3) is 0 Å². The molecule has 6 heteroatoms. The number of hydrogen-bond acceptors (Lipinski definition) is 5. The second-order valence-electron chi connectivity index (χ2n) is 3.75. The van der Waals surface area contributed by atoms with E-state index >= 15 is 0 Å². The van der Waals surface area contributed by atoms with Crippen molar-refractivity contribution < 1.29 is 0 Å². The Morgan fingerprint density at radius 1 is 1.05 bits per heavy atom. The Morgan fingerprint density at radius 3 is 2.68 bits per heavy atom. The van der Waals surface area contributed by atoms with Crippen LogP contribution in [-0.4, -0.2) is 25.2 Å². The summed E-state index contributed by atoms with van der Waals surface area (Å²) in [6.07, 6.45) is 1.59. The molecule has 3 rings (SSSR count). The number of nitriles is 1. The maximum absolute atomic E-state index is 9.02. The van der Waals surface area contributed by atoms with Gasteiger partial charge in [0.05, 0.1) is 5.56 Å². The van der Waals surface area contributed by atoms with E-state index in [1.165, 1.54) is 4.80 Å². The molecule has 0 N–H and O–H groups in total. The van der Waals surface area contributed by atoms with Crippen molar-refractivity contribution in [2.75, 3.05) is 0 Å². The Morgan fingerprint density at radius 2 is 1.89 bits per heavy atom. The predicted octanol–water partition coefficient (Wildman–Crippen LogP) is 1.60. The van der Waals surface area contributed by atoms with Crippen LogP contribution in [0.15, 0.2) is 48.7 Å². The molecule has 0 unspecified atom stereocenters. The van der Waals surface area contributed by atoms with Crippen molar-refractivity contribution in [3.05, 3.63) is 54.2 Å². The van der Waals surface area contributed by atoms with E-state index < -0.39 is 0 Å². The molecule has 6 nitrogen and oxygen atoms in total. The standard InChI is InChI=1S/C13H8N6/c14-9-11-7-4-8-15-13(11)19-17-12(16-18-19)10-5-2-1-3-6-10/h1-8H. The van der Waals surface area contributed by atoms with Crippen molar-refractivity contribution in [1.82, 2.24) is 25.2 Å². The number of nitrogens with zero attached hydrogens (tertiary/aromatic N) is 6. The van der Waals surface area contributed by atoms with Crippen molar-refractivity contribution in [2.24, 2.45) is 0 Å². The maximum atomic E-state index is 9.02. The van der Waals surface area contributed by atoms with Gasteiger partial charge in [0.15, 0.2) is 5.82 Å². The molecule has 1 aromatic carbocycles. The summed E-state index contributed by atoms with van der Waals surface area (Å²) in [4.78, 5) is 5.37. The molecule has 0 bridgehead atoms. The minimum Gasteiger partial charge on any atom is -0.234 e. The van der Waals surface area contributed by atoms with E-state index in [2.05, 4.69) is 26.5 Å². The largest absolute Gasteiger partial charge is 0.234 e. The van der Waals surface area contributed by atoms with Gasteiger partial charge in [-0.15, -0.1) is 15.0 Å². The molecule has 3 aromatic rings. The van der Waals surface area contributed by atoms with E-state index in [0.29, 0.717) is 17.2 Å². The highest BCUT2D eigenvalue weighted by Crippen LogP contribution is 2.14. The molecular formula is C13H8N6. The van der Waals surface area contributed by atoms with Gasteiger partial charge < -0.3 is 0 Å². The molecule has 2 aromatic heterocycles. The zero-order chi connectivity index (χ0) is 13.1. The summed E-state index contributed by atoms with van der Waals surface area (Å²) in [6.45, 7) is 0. The number of rotatable bonds is 2. The van der Waals surface area contributed by atoms with Crippen LogP contribution in [0.4, 0.5) is 0 Å². The molecule has 0 aliphatic heterocycles. The lowest BCUT2D eigenvalue weighted by atomic mass is 10.2. The molecule has 0 atom stereocenters. The van der Waals surface area contributed by atoms with Crippen LogP contribution in [0.2, 0.25) is 0 Å². The Balaban J connectivity index is 2.05. The van der Waals surface area contributed by atoms with E-state index in [1.807, 2.05) is 30.3 Å². The van der Waals surface area contributed by atoms with Crippen LogP contribution in [0.1, 0.15) is 5.56 Å². The molecule has 0 saturated heterocycles. The van der Waals surface area contributed by atoms with Gasteiger partial charge in [-0.3, -0.25) is 0 Å². The highest BCUT2D eigenvalue weighted by atomic mass is 15.6. The summed E-state index contributed by atoms with van der Waals surface area (Å²) >= 11 is 0. The smallest absolute Gasteiger partial charge is 0.205 e. The van der Waals surface area contributed by atoms with E-state index in [4.69, 9.17) is 5.26 Å². The molecule has 0 radical (unpaired) electrons.